The number of allylic oxidation sites excluding steroid dienone is 1. The van der Waals surface area contributed by atoms with Crippen LogP contribution in [-0.2, 0) is 11.2 Å². The normalized spacial score (nSPS) is 9.42. The van der Waals surface area contributed by atoms with Gasteiger partial charge in [0, 0.05) is 6.42 Å². The highest BCUT2D eigenvalue weighted by Crippen LogP contribution is 2.06. The van der Waals surface area contributed by atoms with Crippen LogP contribution in [0.15, 0.2) is 36.4 Å². The number of carbonyl (C=O) groups is 1. The van der Waals surface area contributed by atoms with Crippen LogP contribution in [0.4, 0.5) is 0 Å². The van der Waals surface area contributed by atoms with E-state index in [1.807, 2.05) is 31.2 Å². The summed E-state index contributed by atoms with van der Waals surface area (Å²) in [7, 11) is 0. The Morgan fingerprint density at radius 2 is 2.00 bits per heavy atom. The van der Waals surface area contributed by atoms with Crippen molar-refractivity contribution in [2.45, 2.75) is 13.3 Å². The van der Waals surface area contributed by atoms with E-state index < -0.39 is 0 Å². The molecule has 0 aromatic heterocycles. The van der Waals surface area contributed by atoms with Gasteiger partial charge < -0.3 is 0 Å². The minimum Gasteiger partial charge on any atom is -0.298 e. The summed E-state index contributed by atoms with van der Waals surface area (Å²) in [5, 5.41) is 0. The molecule has 0 atom stereocenters. The Bertz CT molecular complexity index is 282. The van der Waals surface area contributed by atoms with Crippen molar-refractivity contribution in [2.24, 2.45) is 0 Å². The third kappa shape index (κ3) is 2.35. The van der Waals surface area contributed by atoms with Crippen LogP contribution in [0.1, 0.15) is 11.1 Å². The van der Waals surface area contributed by atoms with Gasteiger partial charge in [0.05, 0.1) is 0 Å². The molecule has 1 nitrogen and oxygen atoms in total. The van der Waals surface area contributed by atoms with Crippen LogP contribution in [0.25, 0.3) is 0 Å². The molecule has 0 bridgehead atoms. The van der Waals surface area contributed by atoms with Crippen molar-refractivity contribution >= 4 is 6.29 Å². The lowest BCUT2D eigenvalue weighted by atomic mass is 10.1. The lowest BCUT2D eigenvalue weighted by Gasteiger charge is -1.99. The first-order valence-corrected chi connectivity index (χ1v) is 3.91. The molecule has 0 spiro atoms. The average molecular weight is 160 g/mol. The summed E-state index contributed by atoms with van der Waals surface area (Å²) in [6, 6.07) is 8.11. The number of carbonyl (C=O) groups excluding carboxylic acids is 1. The summed E-state index contributed by atoms with van der Waals surface area (Å²) in [5.41, 5.74) is 2.99. The SMILES string of the molecule is C=C(C=O)Cc1ccc(C)cc1. The number of rotatable bonds is 3. The zero-order valence-corrected chi connectivity index (χ0v) is 7.21. The molecule has 1 heteroatoms. The maximum atomic E-state index is 10.3. The molecule has 0 aliphatic carbocycles. The highest BCUT2D eigenvalue weighted by Gasteiger charge is 1.94. The van der Waals surface area contributed by atoms with Crippen LogP contribution in [0.5, 0.6) is 0 Å². The summed E-state index contributed by atoms with van der Waals surface area (Å²) in [6.07, 6.45) is 1.46. The highest BCUT2D eigenvalue weighted by atomic mass is 16.1. The van der Waals surface area contributed by atoms with E-state index in [0.717, 1.165) is 11.8 Å². The van der Waals surface area contributed by atoms with Gasteiger partial charge in [-0.3, -0.25) is 4.79 Å². The van der Waals surface area contributed by atoms with Crippen molar-refractivity contribution in [1.29, 1.82) is 0 Å². The van der Waals surface area contributed by atoms with Crippen LogP contribution in [0, 0.1) is 6.92 Å². The van der Waals surface area contributed by atoms with Gasteiger partial charge >= 0.3 is 0 Å². The van der Waals surface area contributed by atoms with Gasteiger partial charge in [0.2, 0.25) is 0 Å². The second-order valence-corrected chi connectivity index (χ2v) is 2.94. The molecule has 0 saturated heterocycles. The molecule has 62 valence electrons. The van der Waals surface area contributed by atoms with Gasteiger partial charge in [0.1, 0.15) is 6.29 Å². The molecule has 0 heterocycles. The van der Waals surface area contributed by atoms with Crippen molar-refractivity contribution in [1.82, 2.24) is 0 Å². The fourth-order valence-electron chi connectivity index (χ4n) is 1.01. The van der Waals surface area contributed by atoms with Crippen molar-refractivity contribution < 1.29 is 4.79 Å². The van der Waals surface area contributed by atoms with Crippen molar-refractivity contribution in [3.63, 3.8) is 0 Å². The van der Waals surface area contributed by atoms with Gasteiger partial charge in [0.15, 0.2) is 0 Å². The highest BCUT2D eigenvalue weighted by molar-refractivity contribution is 5.72. The topological polar surface area (TPSA) is 17.1 Å². The first kappa shape index (κ1) is 8.72. The second kappa shape index (κ2) is 3.86. The predicted molar refractivity (Wildman–Crippen MR) is 50.1 cm³/mol. The van der Waals surface area contributed by atoms with Crippen molar-refractivity contribution in [2.75, 3.05) is 0 Å². The van der Waals surface area contributed by atoms with Crippen LogP contribution in [-0.4, -0.2) is 6.29 Å². The third-order valence-electron chi connectivity index (χ3n) is 1.72. The minimum absolute atomic E-state index is 0.624. The number of aryl methyl sites for hydroxylation is 1. The molecular weight excluding hydrogens is 148 g/mol. The lowest BCUT2D eigenvalue weighted by molar-refractivity contribution is -0.104. The Morgan fingerprint density at radius 1 is 1.42 bits per heavy atom. The molecule has 1 rings (SSSR count). The predicted octanol–water partition coefficient (Wildman–Crippen LogP) is 2.29. The quantitative estimate of drug-likeness (QED) is 0.489. The van der Waals surface area contributed by atoms with Crippen LogP contribution in [0.3, 0.4) is 0 Å². The van der Waals surface area contributed by atoms with E-state index in [1.54, 1.807) is 0 Å². The van der Waals surface area contributed by atoms with Gasteiger partial charge in [-0.15, -0.1) is 0 Å². The van der Waals surface area contributed by atoms with Crippen LogP contribution in [0.2, 0.25) is 0 Å². The first-order chi connectivity index (χ1) is 5.72. The Labute approximate surface area is 72.7 Å². The molecule has 0 aliphatic rings. The van der Waals surface area contributed by atoms with Gasteiger partial charge in [-0.2, -0.15) is 0 Å². The van der Waals surface area contributed by atoms with E-state index in [2.05, 4.69) is 6.58 Å². The summed E-state index contributed by atoms with van der Waals surface area (Å²) in [4.78, 5) is 10.3. The standard InChI is InChI=1S/C11H12O/c1-9-3-5-11(6-4-9)7-10(2)8-12/h3-6,8H,2,7H2,1H3. The van der Waals surface area contributed by atoms with Gasteiger partial charge in [-0.05, 0) is 18.1 Å². The van der Waals surface area contributed by atoms with Crippen molar-refractivity contribution in [3.05, 3.63) is 47.5 Å². The molecule has 0 N–H and O–H groups in total. The summed E-state index contributed by atoms with van der Waals surface area (Å²) in [5.74, 6) is 0. The number of benzene rings is 1. The summed E-state index contributed by atoms with van der Waals surface area (Å²) < 4.78 is 0. The second-order valence-electron chi connectivity index (χ2n) is 2.94. The first-order valence-electron chi connectivity index (χ1n) is 3.91. The fraction of sp³-hybridized carbons (Fsp3) is 0.182. The molecule has 0 unspecified atom stereocenters. The van der Waals surface area contributed by atoms with E-state index >= 15 is 0 Å². The Kier molecular flexibility index (Phi) is 2.81. The molecule has 12 heavy (non-hydrogen) atoms. The maximum Gasteiger partial charge on any atom is 0.145 e. The summed E-state index contributed by atoms with van der Waals surface area (Å²) >= 11 is 0. The van der Waals surface area contributed by atoms with E-state index in [0.29, 0.717) is 12.0 Å². The zero-order valence-electron chi connectivity index (χ0n) is 7.21. The molecule has 1 aromatic rings. The minimum atomic E-state index is 0.624. The average Bonchev–Trinajstić information content (AvgIpc) is 2.09. The smallest absolute Gasteiger partial charge is 0.145 e. The zero-order chi connectivity index (χ0) is 8.97. The molecule has 0 saturated carbocycles. The van der Waals surface area contributed by atoms with Crippen LogP contribution < -0.4 is 0 Å². The number of aldehydes is 1. The van der Waals surface area contributed by atoms with E-state index in [9.17, 15) is 4.79 Å². The van der Waals surface area contributed by atoms with Crippen molar-refractivity contribution in [3.8, 4) is 0 Å². The van der Waals surface area contributed by atoms with E-state index in [1.165, 1.54) is 5.56 Å². The molecule has 0 aliphatic heterocycles. The summed E-state index contributed by atoms with van der Waals surface area (Å²) in [6.45, 7) is 5.66. The Balaban J connectivity index is 2.71. The fourth-order valence-corrected chi connectivity index (χ4v) is 1.01. The Morgan fingerprint density at radius 3 is 2.50 bits per heavy atom. The third-order valence-corrected chi connectivity index (χ3v) is 1.72. The maximum absolute atomic E-state index is 10.3. The molecule has 0 radical (unpaired) electrons. The van der Waals surface area contributed by atoms with E-state index in [-0.39, 0.29) is 0 Å². The number of hydrogen-bond acceptors (Lipinski definition) is 1. The number of hydrogen-bond donors (Lipinski definition) is 0. The molecular formula is C11H12O. The van der Waals surface area contributed by atoms with Gasteiger partial charge in [0.25, 0.3) is 0 Å². The largest absolute Gasteiger partial charge is 0.298 e. The molecule has 0 fully saturated rings. The van der Waals surface area contributed by atoms with Gasteiger partial charge in [-0.1, -0.05) is 36.4 Å². The van der Waals surface area contributed by atoms with Gasteiger partial charge in [-0.25, -0.2) is 0 Å². The van der Waals surface area contributed by atoms with E-state index in [4.69, 9.17) is 0 Å². The molecule has 0 amide bonds. The Hall–Kier alpha value is -1.37. The monoisotopic (exact) mass is 160 g/mol. The molecule has 1 aromatic carbocycles. The lowest BCUT2D eigenvalue weighted by Crippen LogP contribution is -1.89. The van der Waals surface area contributed by atoms with Crippen LogP contribution >= 0.6 is 0 Å².